The van der Waals surface area contributed by atoms with Crippen molar-refractivity contribution in [1.82, 2.24) is 4.53 Å². The van der Waals surface area contributed by atoms with E-state index in [2.05, 4.69) is 11.3 Å². The zero-order valence-electron chi connectivity index (χ0n) is 18.8. The summed E-state index contributed by atoms with van der Waals surface area (Å²) in [6.45, 7) is 1.66. The van der Waals surface area contributed by atoms with Gasteiger partial charge in [-0.3, -0.25) is 0 Å². The molecule has 0 radical (unpaired) electrons. The largest absolute Gasteiger partial charge is 0.460 e. The average molecular weight is 657 g/mol. The van der Waals surface area contributed by atoms with Crippen molar-refractivity contribution in [2.24, 2.45) is 0 Å². The SMILES string of the molecule is C=CC(=O)OC(CCC)CN(F)S(=O)(=O)C(F)(F)C(F)(F)C(F)(F)C(F)(F)C(F)(F)C(F)(F)C(F)(F)C(F)(F)F. The Morgan fingerprint density at radius 1 is 0.750 bits per heavy atom. The maximum Gasteiger partial charge on any atom is 0.460 e. The van der Waals surface area contributed by atoms with Gasteiger partial charge in [-0.2, -0.15) is 74.6 Å². The zero-order valence-corrected chi connectivity index (χ0v) is 19.6. The van der Waals surface area contributed by atoms with Crippen LogP contribution < -0.4 is 0 Å². The number of hydrogen-bond acceptors (Lipinski definition) is 4. The van der Waals surface area contributed by atoms with E-state index in [-0.39, 0.29) is 6.42 Å². The summed E-state index contributed by atoms with van der Waals surface area (Å²) in [4.78, 5) is 11.1. The second-order valence-corrected chi connectivity index (χ2v) is 9.35. The first-order chi connectivity index (χ1) is 17.3. The lowest BCUT2D eigenvalue weighted by atomic mass is 9.91. The van der Waals surface area contributed by atoms with Gasteiger partial charge >= 0.3 is 63.0 Å². The van der Waals surface area contributed by atoms with Crippen molar-refractivity contribution in [3.8, 4) is 0 Å². The Hall–Kier alpha value is -2.14. The molecule has 0 saturated carbocycles. The van der Waals surface area contributed by atoms with Crippen molar-refractivity contribution < 1.29 is 97.1 Å². The van der Waals surface area contributed by atoms with Gasteiger partial charge in [0.1, 0.15) is 6.10 Å². The molecule has 40 heavy (non-hydrogen) atoms. The van der Waals surface area contributed by atoms with Crippen molar-refractivity contribution >= 4 is 16.0 Å². The summed E-state index contributed by atoms with van der Waals surface area (Å²) in [7, 11) is -8.14. The topological polar surface area (TPSA) is 63.7 Å². The van der Waals surface area contributed by atoms with E-state index in [0.29, 0.717) is 6.08 Å². The second-order valence-electron chi connectivity index (χ2n) is 7.49. The number of carbonyl (C=O) groups is 1. The molecule has 0 spiro atoms. The zero-order chi connectivity index (χ0) is 32.8. The number of ether oxygens (including phenoxy) is 1. The summed E-state index contributed by atoms with van der Waals surface area (Å²) >= 11 is 0. The highest BCUT2D eigenvalue weighted by atomic mass is 32.2. The quantitative estimate of drug-likeness (QED) is 0.0944. The normalized spacial score (nSPS) is 16.2. The molecule has 0 N–H and O–H groups in total. The minimum absolute atomic E-state index is 0.244. The first-order valence-electron chi connectivity index (χ1n) is 9.53. The Morgan fingerprint density at radius 3 is 1.43 bits per heavy atom. The van der Waals surface area contributed by atoms with Crippen LogP contribution >= 0.6 is 0 Å². The molecule has 0 saturated heterocycles. The summed E-state index contributed by atoms with van der Waals surface area (Å²) in [5.41, 5.74) is 0. The molecular weight excluding hydrogens is 644 g/mol. The van der Waals surface area contributed by atoms with E-state index >= 15 is 0 Å². The third-order valence-corrected chi connectivity index (χ3v) is 6.26. The Kier molecular flexibility index (Phi) is 10.3. The molecule has 5 nitrogen and oxygen atoms in total. The number of rotatable bonds is 14. The van der Waals surface area contributed by atoms with E-state index < -0.39 is 86.6 Å². The molecular formula is C16H13F18NO4S. The number of alkyl halides is 17. The number of sulfonamides is 1. The average Bonchev–Trinajstić information content (AvgIpc) is 2.77. The molecule has 0 aromatic carbocycles. The molecule has 0 aromatic rings. The summed E-state index contributed by atoms with van der Waals surface area (Å²) in [5, 5.41) is -8.06. The van der Waals surface area contributed by atoms with Gasteiger partial charge in [-0.1, -0.05) is 19.9 Å². The van der Waals surface area contributed by atoms with Gasteiger partial charge in [0.25, 0.3) is 0 Å². The Morgan fingerprint density at radius 2 is 1.10 bits per heavy atom. The van der Waals surface area contributed by atoms with Crippen LogP contribution in [-0.2, 0) is 19.6 Å². The van der Waals surface area contributed by atoms with Crippen LogP contribution in [0.3, 0.4) is 0 Å². The Balaban J connectivity index is 6.84. The molecule has 1 atom stereocenters. The summed E-state index contributed by atoms with van der Waals surface area (Å²) < 4.78 is 265. The highest BCUT2D eigenvalue weighted by Crippen LogP contribution is 2.64. The van der Waals surface area contributed by atoms with Crippen LogP contribution in [0.1, 0.15) is 19.8 Å². The molecule has 0 aliphatic carbocycles. The summed E-state index contributed by atoms with van der Waals surface area (Å²) in [5.74, 6) is -54.3. The third-order valence-electron chi connectivity index (χ3n) is 4.69. The lowest BCUT2D eigenvalue weighted by Crippen LogP contribution is -2.75. The highest BCUT2D eigenvalue weighted by Gasteiger charge is 2.96. The van der Waals surface area contributed by atoms with Gasteiger partial charge in [0, 0.05) is 6.08 Å². The molecule has 0 rings (SSSR count). The van der Waals surface area contributed by atoms with Gasteiger partial charge in [-0.15, -0.1) is 4.48 Å². The minimum Gasteiger partial charge on any atom is -0.458 e. The fraction of sp³-hybridized carbons (Fsp3) is 0.812. The maximum absolute atomic E-state index is 14.0. The minimum atomic E-state index is -9.04. The van der Waals surface area contributed by atoms with E-state index in [1.54, 1.807) is 0 Å². The third kappa shape index (κ3) is 5.52. The van der Waals surface area contributed by atoms with E-state index in [0.717, 1.165) is 6.92 Å². The van der Waals surface area contributed by atoms with Crippen LogP contribution in [0.5, 0.6) is 0 Å². The van der Waals surface area contributed by atoms with E-state index in [9.17, 15) is 92.3 Å². The van der Waals surface area contributed by atoms with Crippen LogP contribution in [0.15, 0.2) is 12.7 Å². The first-order valence-corrected chi connectivity index (χ1v) is 11.0. The standard InChI is InChI=1S/C16H13F18NO4S/c1-3-5-7(39-8(36)4-2)6-35(34)40(37,38)16(32,33)14(27,28)12(23,24)10(19,20)9(17,18)11(21,22)13(25,26)15(29,30)31/h4,7H,2-3,5-6H2,1H3. The molecule has 1 unspecified atom stereocenters. The second kappa shape index (κ2) is 10.9. The first kappa shape index (κ1) is 37.9. The predicted molar refractivity (Wildman–Crippen MR) is 92.4 cm³/mol. The molecule has 0 aliphatic rings. The summed E-state index contributed by atoms with van der Waals surface area (Å²) in [6, 6.07) is 0. The van der Waals surface area contributed by atoms with Crippen LogP contribution in [0.2, 0.25) is 0 Å². The number of esters is 1. The summed E-state index contributed by atoms with van der Waals surface area (Å²) in [6.07, 6.45) is -10.8. The van der Waals surface area contributed by atoms with Crippen LogP contribution in [0.4, 0.5) is 79.1 Å². The molecule has 238 valence electrons. The fourth-order valence-electron chi connectivity index (χ4n) is 2.42. The van der Waals surface area contributed by atoms with E-state index in [1.807, 2.05) is 0 Å². The molecule has 24 heteroatoms. The van der Waals surface area contributed by atoms with Crippen LogP contribution in [-0.4, -0.2) is 78.5 Å². The molecule has 0 aromatic heterocycles. The van der Waals surface area contributed by atoms with E-state index in [1.165, 1.54) is 0 Å². The number of hydrogen-bond donors (Lipinski definition) is 0. The molecule has 0 heterocycles. The van der Waals surface area contributed by atoms with Crippen LogP contribution in [0.25, 0.3) is 0 Å². The van der Waals surface area contributed by atoms with E-state index in [4.69, 9.17) is 0 Å². The maximum atomic E-state index is 14.0. The van der Waals surface area contributed by atoms with Gasteiger partial charge in [-0.05, 0) is 10.9 Å². The predicted octanol–water partition coefficient (Wildman–Crippen LogP) is 6.37. The monoisotopic (exact) mass is 657 g/mol. The van der Waals surface area contributed by atoms with Crippen molar-refractivity contribution in [2.75, 3.05) is 6.54 Å². The van der Waals surface area contributed by atoms with Crippen LogP contribution in [0, 0.1) is 0 Å². The Labute approximate surface area is 210 Å². The molecule has 0 bridgehead atoms. The van der Waals surface area contributed by atoms with Crippen molar-refractivity contribution in [3.05, 3.63) is 12.7 Å². The van der Waals surface area contributed by atoms with Gasteiger partial charge in [0.15, 0.2) is 0 Å². The fourth-order valence-corrected chi connectivity index (χ4v) is 3.48. The molecule has 0 amide bonds. The number of halogens is 18. The number of carbonyl (C=O) groups excluding carboxylic acids is 1. The van der Waals surface area contributed by atoms with Gasteiger partial charge in [0.05, 0.1) is 6.54 Å². The van der Waals surface area contributed by atoms with Crippen molar-refractivity contribution in [1.29, 1.82) is 0 Å². The van der Waals surface area contributed by atoms with Gasteiger partial charge in [0.2, 0.25) is 0 Å². The lowest BCUT2D eigenvalue weighted by Gasteiger charge is -2.42. The van der Waals surface area contributed by atoms with Crippen molar-refractivity contribution in [3.63, 3.8) is 0 Å². The molecule has 0 aliphatic heterocycles. The smallest absolute Gasteiger partial charge is 0.458 e. The lowest BCUT2D eigenvalue weighted by molar-refractivity contribution is -0.458. The highest BCUT2D eigenvalue weighted by molar-refractivity contribution is 7.90. The Bertz CT molecular complexity index is 1040. The number of nitrogens with zero attached hydrogens (tertiary/aromatic N) is 1. The van der Waals surface area contributed by atoms with Gasteiger partial charge < -0.3 is 4.74 Å². The van der Waals surface area contributed by atoms with Crippen molar-refractivity contribution in [2.45, 2.75) is 72.8 Å². The molecule has 0 fully saturated rings. The van der Waals surface area contributed by atoms with Gasteiger partial charge in [-0.25, -0.2) is 13.2 Å².